The highest BCUT2D eigenvalue weighted by atomic mass is 35.5. The van der Waals surface area contributed by atoms with Crippen LogP contribution in [0.1, 0.15) is 0 Å². The maximum absolute atomic E-state index is 13.1. The molecule has 6 nitrogen and oxygen atoms in total. The van der Waals surface area contributed by atoms with E-state index in [9.17, 15) is 14.0 Å². The smallest absolute Gasteiger partial charge is 0.239 e. The molecule has 0 atom stereocenters. The van der Waals surface area contributed by atoms with E-state index in [0.717, 1.165) is 0 Å². The lowest BCUT2D eigenvalue weighted by atomic mass is 10.3. The van der Waals surface area contributed by atoms with Crippen molar-refractivity contribution in [1.29, 1.82) is 0 Å². The number of carbonyl (C=O) groups is 2. The van der Waals surface area contributed by atoms with Crippen LogP contribution in [0.5, 0.6) is 0 Å². The van der Waals surface area contributed by atoms with Crippen molar-refractivity contribution in [2.75, 3.05) is 30.8 Å². The minimum Gasteiger partial charge on any atom is -0.325 e. The number of rotatable bonds is 6. The number of hydrogen-bond acceptors (Lipinski definition) is 4. The first-order valence-corrected chi connectivity index (χ1v) is 7.45. The molecule has 0 saturated heterocycles. The van der Waals surface area contributed by atoms with Crippen molar-refractivity contribution in [2.24, 2.45) is 0 Å². The van der Waals surface area contributed by atoms with Gasteiger partial charge in [0.1, 0.15) is 11.6 Å². The second-order valence-corrected chi connectivity index (χ2v) is 5.58. The van der Waals surface area contributed by atoms with Crippen LogP contribution in [0.4, 0.5) is 15.9 Å². The topological polar surface area (TPSA) is 74.3 Å². The van der Waals surface area contributed by atoms with Gasteiger partial charge in [0.15, 0.2) is 0 Å². The molecule has 1 aromatic heterocycles. The van der Waals surface area contributed by atoms with Gasteiger partial charge in [0.25, 0.3) is 0 Å². The van der Waals surface area contributed by atoms with Gasteiger partial charge in [0.05, 0.1) is 18.1 Å². The minimum atomic E-state index is -0.434. The Morgan fingerprint density at radius 1 is 1.17 bits per heavy atom. The van der Waals surface area contributed by atoms with Gasteiger partial charge in [0.2, 0.25) is 11.8 Å². The zero-order valence-electron chi connectivity index (χ0n) is 12.9. The Bertz CT molecular complexity index is 724. The SMILES string of the molecule is CN(CC(=O)Nc1cccc(F)c1)CC(=O)Nc1ccc(Cl)cn1. The lowest BCUT2D eigenvalue weighted by molar-refractivity contribution is -0.119. The third-order valence-corrected chi connectivity index (χ3v) is 3.15. The number of pyridine rings is 1. The van der Waals surface area contributed by atoms with E-state index >= 15 is 0 Å². The molecule has 2 rings (SSSR count). The third-order valence-electron chi connectivity index (χ3n) is 2.93. The van der Waals surface area contributed by atoms with E-state index in [-0.39, 0.29) is 24.9 Å². The maximum Gasteiger partial charge on any atom is 0.239 e. The van der Waals surface area contributed by atoms with Crippen molar-refractivity contribution >= 4 is 34.9 Å². The predicted molar refractivity (Wildman–Crippen MR) is 90.4 cm³/mol. The Morgan fingerprint density at radius 3 is 2.50 bits per heavy atom. The number of hydrogen-bond donors (Lipinski definition) is 2. The lowest BCUT2D eigenvalue weighted by Gasteiger charge is -2.15. The highest BCUT2D eigenvalue weighted by Crippen LogP contribution is 2.10. The fourth-order valence-corrected chi connectivity index (χ4v) is 2.06. The van der Waals surface area contributed by atoms with Gasteiger partial charge in [0, 0.05) is 11.9 Å². The van der Waals surface area contributed by atoms with Crippen molar-refractivity contribution in [3.63, 3.8) is 0 Å². The summed E-state index contributed by atoms with van der Waals surface area (Å²) in [6.07, 6.45) is 1.42. The molecule has 0 aliphatic rings. The van der Waals surface area contributed by atoms with Crippen LogP contribution in [-0.2, 0) is 9.59 Å². The highest BCUT2D eigenvalue weighted by Gasteiger charge is 2.11. The summed E-state index contributed by atoms with van der Waals surface area (Å²) in [6.45, 7) is -0.0150. The molecule has 0 fully saturated rings. The summed E-state index contributed by atoms with van der Waals surface area (Å²) in [5.74, 6) is -0.718. The van der Waals surface area contributed by atoms with Crippen molar-refractivity contribution in [3.05, 3.63) is 53.4 Å². The zero-order chi connectivity index (χ0) is 17.5. The van der Waals surface area contributed by atoms with Gasteiger partial charge in [-0.1, -0.05) is 17.7 Å². The molecule has 0 aliphatic heterocycles. The molecule has 0 radical (unpaired) electrons. The summed E-state index contributed by atoms with van der Waals surface area (Å²) in [6, 6.07) is 8.78. The van der Waals surface area contributed by atoms with Gasteiger partial charge in [-0.05, 0) is 37.4 Å². The van der Waals surface area contributed by atoms with E-state index in [1.807, 2.05) is 0 Å². The van der Waals surface area contributed by atoms with E-state index in [1.54, 1.807) is 25.2 Å². The van der Waals surface area contributed by atoms with Gasteiger partial charge in [-0.15, -0.1) is 0 Å². The molecule has 0 spiro atoms. The van der Waals surface area contributed by atoms with Crippen molar-refractivity contribution in [3.8, 4) is 0 Å². The summed E-state index contributed by atoms with van der Waals surface area (Å²) >= 11 is 5.71. The molecule has 24 heavy (non-hydrogen) atoms. The number of benzene rings is 1. The van der Waals surface area contributed by atoms with Gasteiger partial charge < -0.3 is 10.6 Å². The molecule has 0 unspecified atom stereocenters. The number of halogens is 2. The monoisotopic (exact) mass is 350 g/mol. The Hall–Kier alpha value is -2.51. The molecule has 1 aromatic carbocycles. The fraction of sp³-hybridized carbons (Fsp3) is 0.188. The number of aromatic nitrogens is 1. The molecule has 126 valence electrons. The third kappa shape index (κ3) is 5.94. The second kappa shape index (κ2) is 8.37. The number of likely N-dealkylation sites (N-methyl/N-ethyl adjacent to an activating group) is 1. The van der Waals surface area contributed by atoms with E-state index in [1.165, 1.54) is 29.3 Å². The van der Waals surface area contributed by atoms with Crippen LogP contribution in [0.15, 0.2) is 42.6 Å². The van der Waals surface area contributed by atoms with Gasteiger partial charge >= 0.3 is 0 Å². The number of nitrogens with zero attached hydrogens (tertiary/aromatic N) is 2. The number of anilines is 2. The lowest BCUT2D eigenvalue weighted by Crippen LogP contribution is -2.36. The average Bonchev–Trinajstić information content (AvgIpc) is 2.49. The Balaban J connectivity index is 1.79. The largest absolute Gasteiger partial charge is 0.325 e. The average molecular weight is 351 g/mol. The van der Waals surface area contributed by atoms with Crippen LogP contribution in [-0.4, -0.2) is 41.8 Å². The maximum atomic E-state index is 13.1. The summed E-state index contributed by atoms with van der Waals surface area (Å²) in [7, 11) is 1.63. The number of carbonyl (C=O) groups excluding carboxylic acids is 2. The van der Waals surface area contributed by atoms with Crippen LogP contribution in [0.3, 0.4) is 0 Å². The Labute approximate surface area is 143 Å². The molecule has 1 heterocycles. The standard InChI is InChI=1S/C16H16ClFN4O2/c1-22(9-15(23)20-13-4-2-3-12(18)7-13)10-16(24)21-14-6-5-11(17)8-19-14/h2-8H,9-10H2,1H3,(H,20,23)(H,19,21,24). The molecule has 0 bridgehead atoms. The number of nitrogens with one attached hydrogen (secondary N) is 2. The van der Waals surface area contributed by atoms with Crippen molar-refractivity contribution in [2.45, 2.75) is 0 Å². The van der Waals surface area contributed by atoms with Crippen LogP contribution in [0, 0.1) is 5.82 Å². The van der Waals surface area contributed by atoms with Crippen molar-refractivity contribution in [1.82, 2.24) is 9.88 Å². The minimum absolute atomic E-state index is 0.000870. The van der Waals surface area contributed by atoms with Crippen molar-refractivity contribution < 1.29 is 14.0 Å². The van der Waals surface area contributed by atoms with E-state index in [2.05, 4.69) is 15.6 Å². The summed E-state index contributed by atoms with van der Waals surface area (Å²) in [5, 5.41) is 5.63. The molecule has 2 aromatic rings. The summed E-state index contributed by atoms with van der Waals surface area (Å²) in [5.41, 5.74) is 0.364. The second-order valence-electron chi connectivity index (χ2n) is 5.14. The van der Waals surface area contributed by atoms with E-state index in [0.29, 0.717) is 16.5 Å². The molecule has 2 amide bonds. The zero-order valence-corrected chi connectivity index (χ0v) is 13.7. The van der Waals surface area contributed by atoms with Gasteiger partial charge in [-0.25, -0.2) is 9.37 Å². The molecule has 2 N–H and O–H groups in total. The van der Waals surface area contributed by atoms with Crippen LogP contribution in [0.2, 0.25) is 5.02 Å². The van der Waals surface area contributed by atoms with Crippen LogP contribution >= 0.6 is 11.6 Å². The fourth-order valence-electron chi connectivity index (χ4n) is 1.95. The van der Waals surface area contributed by atoms with Gasteiger partial charge in [-0.3, -0.25) is 14.5 Å². The quantitative estimate of drug-likeness (QED) is 0.839. The first kappa shape index (κ1) is 17.8. The Kier molecular flexibility index (Phi) is 6.22. The highest BCUT2D eigenvalue weighted by molar-refractivity contribution is 6.30. The van der Waals surface area contributed by atoms with Gasteiger partial charge in [-0.2, -0.15) is 0 Å². The van der Waals surface area contributed by atoms with E-state index in [4.69, 9.17) is 11.6 Å². The Morgan fingerprint density at radius 2 is 1.88 bits per heavy atom. The first-order chi connectivity index (χ1) is 11.4. The molecule has 0 aliphatic carbocycles. The molecular weight excluding hydrogens is 335 g/mol. The first-order valence-electron chi connectivity index (χ1n) is 7.08. The number of amides is 2. The molecule has 0 saturated carbocycles. The summed E-state index contributed by atoms with van der Waals surface area (Å²) in [4.78, 5) is 29.2. The summed E-state index contributed by atoms with van der Waals surface area (Å²) < 4.78 is 13.1. The van der Waals surface area contributed by atoms with Crippen LogP contribution < -0.4 is 10.6 Å². The van der Waals surface area contributed by atoms with E-state index < -0.39 is 5.82 Å². The molecule has 8 heteroatoms. The molecular formula is C16H16ClFN4O2. The predicted octanol–water partition coefficient (Wildman–Crippen LogP) is 2.38. The van der Waals surface area contributed by atoms with Crippen LogP contribution in [0.25, 0.3) is 0 Å². The normalized spacial score (nSPS) is 10.5.